The van der Waals surface area contributed by atoms with Crippen molar-refractivity contribution in [3.63, 3.8) is 0 Å². The van der Waals surface area contributed by atoms with E-state index in [2.05, 4.69) is 5.10 Å². The number of benzene rings is 1. The molecule has 10 nitrogen and oxygen atoms in total. The van der Waals surface area contributed by atoms with E-state index in [4.69, 9.17) is 4.42 Å². The Hall–Kier alpha value is -4.55. The summed E-state index contributed by atoms with van der Waals surface area (Å²) >= 11 is 0. The van der Waals surface area contributed by atoms with Gasteiger partial charge in [-0.3, -0.25) is 29.0 Å². The molecule has 35 heavy (non-hydrogen) atoms. The molecule has 4 aromatic rings. The number of carbonyl (C=O) groups is 1. The molecular formula is C22H16F3N5O5. The lowest BCUT2D eigenvalue weighted by atomic mass is 9.75. The van der Waals surface area contributed by atoms with Crippen LogP contribution in [-0.4, -0.2) is 31.4 Å². The normalized spacial score (nSPS) is 17.4. The number of rotatable bonds is 4. The molecule has 3 N–H and O–H groups in total. The molecule has 1 aliphatic rings. The predicted octanol–water partition coefficient (Wildman–Crippen LogP) is 1.77. The highest BCUT2D eigenvalue weighted by Crippen LogP contribution is 2.51. The number of hydrogen-bond acceptors (Lipinski definition) is 5. The zero-order valence-corrected chi connectivity index (χ0v) is 17.9. The van der Waals surface area contributed by atoms with Crippen LogP contribution in [0.4, 0.5) is 19.0 Å². The van der Waals surface area contributed by atoms with E-state index in [0.29, 0.717) is 0 Å². The topological polar surface area (TPSA) is 135 Å². The average molecular weight is 487 g/mol. The third-order valence-corrected chi connectivity index (χ3v) is 5.93. The molecule has 0 radical (unpaired) electrons. The van der Waals surface area contributed by atoms with Crippen molar-refractivity contribution in [3.05, 3.63) is 103 Å². The lowest BCUT2D eigenvalue weighted by Gasteiger charge is -2.28. The highest BCUT2D eigenvalue weighted by atomic mass is 19.4. The molecule has 4 heterocycles. The number of anilines is 1. The molecule has 1 atom stereocenters. The third kappa shape index (κ3) is 3.04. The number of aromatic amines is 2. The molecule has 3 aromatic heterocycles. The third-order valence-electron chi connectivity index (χ3n) is 5.93. The van der Waals surface area contributed by atoms with Crippen LogP contribution in [0.15, 0.2) is 67.5 Å². The second-order valence-corrected chi connectivity index (χ2v) is 7.94. The molecule has 0 fully saturated rings. The molecule has 0 aliphatic carbocycles. The number of aromatic nitrogens is 4. The quantitative estimate of drug-likeness (QED) is 0.403. The highest BCUT2D eigenvalue weighted by molar-refractivity contribution is 6.08. The summed E-state index contributed by atoms with van der Waals surface area (Å²) in [4.78, 5) is 53.8. The molecule has 1 aromatic carbocycles. The number of alkyl halides is 3. The maximum Gasteiger partial charge on any atom is 0.411 e. The summed E-state index contributed by atoms with van der Waals surface area (Å²) < 4.78 is 51.5. The summed E-state index contributed by atoms with van der Waals surface area (Å²) in [7, 11) is 0. The Morgan fingerprint density at radius 2 is 1.71 bits per heavy atom. The van der Waals surface area contributed by atoms with Crippen molar-refractivity contribution >= 4 is 11.7 Å². The van der Waals surface area contributed by atoms with Gasteiger partial charge in [0.05, 0.1) is 29.6 Å². The number of furan rings is 1. The molecule has 0 saturated carbocycles. The van der Waals surface area contributed by atoms with Crippen molar-refractivity contribution in [1.82, 2.24) is 19.3 Å². The Morgan fingerprint density at radius 3 is 2.34 bits per heavy atom. The Balaban J connectivity index is 1.86. The van der Waals surface area contributed by atoms with Gasteiger partial charge in [-0.05, 0) is 31.2 Å². The van der Waals surface area contributed by atoms with Crippen LogP contribution in [-0.2, 0) is 16.8 Å². The molecule has 1 amide bonds. The van der Waals surface area contributed by atoms with E-state index in [0.717, 1.165) is 9.25 Å². The molecule has 0 spiro atoms. The van der Waals surface area contributed by atoms with Gasteiger partial charge in [-0.25, -0.2) is 9.48 Å². The molecular weight excluding hydrogens is 471 g/mol. The number of nitrogens with zero attached hydrogens (tertiary/aromatic N) is 2. The predicted molar refractivity (Wildman–Crippen MR) is 116 cm³/mol. The first-order valence-corrected chi connectivity index (χ1v) is 10.2. The highest BCUT2D eigenvalue weighted by Gasteiger charge is 2.70. The van der Waals surface area contributed by atoms with Crippen LogP contribution in [0, 0.1) is 6.92 Å². The van der Waals surface area contributed by atoms with Gasteiger partial charge in [0.25, 0.3) is 17.0 Å². The van der Waals surface area contributed by atoms with Gasteiger partial charge in [0.1, 0.15) is 11.6 Å². The molecule has 5 rings (SSSR count). The van der Waals surface area contributed by atoms with Crippen LogP contribution >= 0.6 is 0 Å². The van der Waals surface area contributed by atoms with E-state index in [1.54, 1.807) is 18.2 Å². The Bertz CT molecular complexity index is 1630. The second kappa shape index (κ2) is 7.48. The van der Waals surface area contributed by atoms with E-state index in [1.807, 2.05) is 10.3 Å². The zero-order valence-electron chi connectivity index (χ0n) is 17.9. The monoisotopic (exact) mass is 487 g/mol. The van der Waals surface area contributed by atoms with Gasteiger partial charge in [0.15, 0.2) is 0 Å². The van der Waals surface area contributed by atoms with Gasteiger partial charge in [0.2, 0.25) is 5.41 Å². The smallest absolute Gasteiger partial charge is 0.411 e. The van der Waals surface area contributed by atoms with Gasteiger partial charge in [-0.2, -0.15) is 13.2 Å². The van der Waals surface area contributed by atoms with Gasteiger partial charge in [0, 0.05) is 5.69 Å². The largest absolute Gasteiger partial charge is 0.467 e. The number of nitrogens with one attached hydrogen (secondary N) is 3. The molecule has 13 heteroatoms. The zero-order chi connectivity index (χ0) is 25.1. The Morgan fingerprint density at radius 1 is 1.00 bits per heavy atom. The standard InChI is InChI=1S/C22H16F3N5O5/c1-11-14(18(32)30(28-11)12-6-3-2-4-7-12)21(22(23,24)25)15-16(26-19(21)33)29(20(34)27-17(15)31)10-13-8-5-9-35-13/h2-9,28H,10H2,1H3,(H,26,33)(H,27,31,34). The fourth-order valence-electron chi connectivity index (χ4n) is 4.47. The van der Waals surface area contributed by atoms with Gasteiger partial charge >= 0.3 is 11.9 Å². The lowest BCUT2D eigenvalue weighted by molar-refractivity contribution is -0.181. The van der Waals surface area contributed by atoms with Crippen LogP contribution in [0.3, 0.4) is 0 Å². The van der Waals surface area contributed by atoms with E-state index < -0.39 is 51.3 Å². The molecule has 1 unspecified atom stereocenters. The van der Waals surface area contributed by atoms with Crippen molar-refractivity contribution < 1.29 is 22.4 Å². The lowest BCUT2D eigenvalue weighted by Crippen LogP contribution is -2.54. The number of aryl methyl sites for hydroxylation is 1. The van der Waals surface area contributed by atoms with Gasteiger partial charge < -0.3 is 9.73 Å². The van der Waals surface area contributed by atoms with Gasteiger partial charge in [-0.1, -0.05) is 18.2 Å². The average Bonchev–Trinajstić information content (AvgIpc) is 3.48. The number of H-pyrrole nitrogens is 2. The van der Waals surface area contributed by atoms with E-state index in [-0.39, 0.29) is 23.7 Å². The van der Waals surface area contributed by atoms with Crippen LogP contribution in [0.1, 0.15) is 22.6 Å². The van der Waals surface area contributed by atoms with Crippen molar-refractivity contribution in [2.24, 2.45) is 0 Å². The molecule has 180 valence electrons. The van der Waals surface area contributed by atoms with Crippen molar-refractivity contribution in [3.8, 4) is 5.69 Å². The summed E-state index contributed by atoms with van der Waals surface area (Å²) in [5.74, 6) is -2.16. The summed E-state index contributed by atoms with van der Waals surface area (Å²) in [5, 5.41) is 4.60. The fraction of sp³-hybridized carbons (Fsp3) is 0.182. The number of amides is 1. The number of para-hydroxylation sites is 1. The Kier molecular flexibility index (Phi) is 4.76. The number of fused-ring (bicyclic) bond motifs is 1. The van der Waals surface area contributed by atoms with Crippen LogP contribution in [0.25, 0.3) is 5.69 Å². The van der Waals surface area contributed by atoms with Crippen LogP contribution in [0.2, 0.25) is 0 Å². The maximum absolute atomic E-state index is 14.9. The van der Waals surface area contributed by atoms with E-state index >= 15 is 0 Å². The SMILES string of the molecule is Cc1[nH]n(-c2ccccc2)c(=O)c1C1(C(F)(F)F)C(=O)Nc2c1c(=O)[nH]c(=O)n2Cc1ccco1. The van der Waals surface area contributed by atoms with Crippen molar-refractivity contribution in [1.29, 1.82) is 0 Å². The Labute approximate surface area is 192 Å². The summed E-state index contributed by atoms with van der Waals surface area (Å²) in [6.45, 7) is 0.821. The van der Waals surface area contributed by atoms with E-state index in [9.17, 15) is 32.3 Å². The van der Waals surface area contributed by atoms with Crippen molar-refractivity contribution in [2.45, 2.75) is 25.1 Å². The summed E-state index contributed by atoms with van der Waals surface area (Å²) in [6, 6.07) is 10.7. The van der Waals surface area contributed by atoms with Crippen LogP contribution in [0.5, 0.6) is 0 Å². The van der Waals surface area contributed by atoms with Crippen LogP contribution < -0.4 is 22.1 Å². The minimum atomic E-state index is -5.43. The summed E-state index contributed by atoms with van der Waals surface area (Å²) in [5.41, 5.74) is -9.47. The minimum absolute atomic E-state index is 0.185. The number of hydrogen-bond donors (Lipinski definition) is 3. The second-order valence-electron chi connectivity index (χ2n) is 7.94. The minimum Gasteiger partial charge on any atom is -0.467 e. The van der Waals surface area contributed by atoms with Crippen molar-refractivity contribution in [2.75, 3.05) is 5.32 Å². The fourth-order valence-corrected chi connectivity index (χ4v) is 4.47. The van der Waals surface area contributed by atoms with E-state index in [1.165, 1.54) is 37.5 Å². The number of halogens is 3. The first-order valence-electron chi connectivity index (χ1n) is 10.2. The molecule has 1 aliphatic heterocycles. The maximum atomic E-state index is 14.9. The number of carbonyl (C=O) groups excluding carboxylic acids is 1. The first kappa shape index (κ1) is 22.3. The first-order chi connectivity index (χ1) is 16.6. The molecule has 0 saturated heterocycles. The van der Waals surface area contributed by atoms with Gasteiger partial charge in [-0.15, -0.1) is 0 Å². The molecule has 0 bridgehead atoms. The summed E-state index contributed by atoms with van der Waals surface area (Å²) in [6.07, 6.45) is -4.14.